The van der Waals surface area contributed by atoms with Crippen LogP contribution in [0, 0.1) is 5.92 Å². The molecule has 0 aromatic heterocycles. The highest BCUT2D eigenvalue weighted by Gasteiger charge is 2.03. The Morgan fingerprint density at radius 1 is 0.295 bits per heavy atom. The Labute approximate surface area is 280 Å². The maximum atomic E-state index is 9.13. The van der Waals surface area contributed by atoms with Crippen LogP contribution in [0.15, 0.2) is 0 Å². The highest BCUT2D eigenvalue weighted by atomic mass is 16.3. The summed E-state index contributed by atoms with van der Waals surface area (Å²) >= 11 is 0. The molecule has 1 unspecified atom stereocenters. The molecule has 0 aliphatic carbocycles. The van der Waals surface area contributed by atoms with Gasteiger partial charge in [-0.25, -0.2) is 0 Å². The second kappa shape index (κ2) is 45.0. The van der Waals surface area contributed by atoms with Gasteiger partial charge in [0.15, 0.2) is 0 Å². The molecule has 0 saturated heterocycles. The van der Waals surface area contributed by atoms with Crippen molar-refractivity contribution in [1.82, 2.24) is 0 Å². The molecule has 2 nitrogen and oxygen atoms in total. The normalized spacial score (nSPS) is 11.9. The van der Waals surface area contributed by atoms with Crippen LogP contribution in [0.4, 0.5) is 0 Å². The average Bonchev–Trinajstić information content (AvgIpc) is 3.04. The van der Waals surface area contributed by atoms with E-state index in [9.17, 15) is 0 Å². The van der Waals surface area contributed by atoms with E-state index in [-0.39, 0.29) is 0 Å². The van der Waals surface area contributed by atoms with E-state index in [2.05, 4.69) is 20.8 Å². The molecule has 2 N–H and O–H groups in total. The molecule has 0 aliphatic heterocycles. The highest BCUT2D eigenvalue weighted by molar-refractivity contribution is 4.56. The molecule has 0 spiro atoms. The first-order valence-electron chi connectivity index (χ1n) is 21.0. The van der Waals surface area contributed by atoms with Crippen molar-refractivity contribution in [3.05, 3.63) is 0 Å². The lowest BCUT2D eigenvalue weighted by molar-refractivity contribution is 0.211. The fraction of sp³-hybridized carbons (Fsp3) is 1.00. The van der Waals surface area contributed by atoms with Crippen LogP contribution < -0.4 is 0 Å². The van der Waals surface area contributed by atoms with Crippen molar-refractivity contribution < 1.29 is 10.2 Å². The van der Waals surface area contributed by atoms with Gasteiger partial charge in [0.05, 0.1) is 0 Å². The quantitative estimate of drug-likeness (QED) is 0.0675. The van der Waals surface area contributed by atoms with Gasteiger partial charge in [-0.05, 0) is 18.8 Å². The Morgan fingerprint density at radius 3 is 0.727 bits per heavy atom. The van der Waals surface area contributed by atoms with Crippen molar-refractivity contribution in [3.63, 3.8) is 0 Å². The van der Waals surface area contributed by atoms with Gasteiger partial charge < -0.3 is 10.2 Å². The second-order valence-corrected chi connectivity index (χ2v) is 14.3. The third-order valence-corrected chi connectivity index (χ3v) is 9.81. The molecule has 0 bridgehead atoms. The van der Waals surface area contributed by atoms with Crippen molar-refractivity contribution in [3.8, 4) is 0 Å². The minimum Gasteiger partial charge on any atom is -0.396 e. The number of hydrogen-bond acceptors (Lipinski definition) is 2. The Bertz CT molecular complexity index is 427. The number of unbranched alkanes of at least 4 members (excludes halogenated alkanes) is 32. The van der Waals surface area contributed by atoms with E-state index < -0.39 is 0 Å². The Kier molecular flexibility index (Phi) is 47.1. The monoisotopic (exact) mass is 625 g/mol. The number of aliphatic hydroxyl groups is 2. The fourth-order valence-electron chi connectivity index (χ4n) is 6.42. The van der Waals surface area contributed by atoms with Crippen LogP contribution in [0.3, 0.4) is 0 Å². The van der Waals surface area contributed by atoms with Gasteiger partial charge in [-0.1, -0.05) is 239 Å². The first-order chi connectivity index (χ1) is 21.8. The van der Waals surface area contributed by atoms with Crippen molar-refractivity contribution >= 4 is 0 Å². The summed E-state index contributed by atoms with van der Waals surface area (Å²) in [6.45, 7) is 7.52. The molecule has 2 heteroatoms. The van der Waals surface area contributed by atoms with E-state index in [1.165, 1.54) is 218 Å². The SMILES string of the molecule is CCCCCCCCCCCCCCCCC(CC)CO.CCCCCCCCCCCCCCCCCCCCCCO. The molecule has 0 aromatic rings. The third-order valence-electron chi connectivity index (χ3n) is 9.81. The van der Waals surface area contributed by atoms with Gasteiger partial charge >= 0.3 is 0 Å². The first-order valence-corrected chi connectivity index (χ1v) is 21.0. The molecule has 0 amide bonds. The maximum Gasteiger partial charge on any atom is 0.0459 e. The lowest BCUT2D eigenvalue weighted by Gasteiger charge is -2.10. The Hall–Kier alpha value is -0.0800. The molecule has 0 aliphatic rings. The summed E-state index contributed by atoms with van der Waals surface area (Å²) in [4.78, 5) is 0. The molecule has 0 saturated carbocycles. The summed E-state index contributed by atoms with van der Waals surface area (Å²) in [7, 11) is 0. The van der Waals surface area contributed by atoms with Gasteiger partial charge in [-0.3, -0.25) is 0 Å². The van der Waals surface area contributed by atoms with E-state index in [4.69, 9.17) is 10.2 Å². The van der Waals surface area contributed by atoms with Crippen LogP contribution in [0.5, 0.6) is 0 Å². The van der Waals surface area contributed by atoms with Gasteiger partial charge in [-0.15, -0.1) is 0 Å². The lowest BCUT2D eigenvalue weighted by atomic mass is 9.98. The van der Waals surface area contributed by atoms with Crippen molar-refractivity contribution in [2.75, 3.05) is 13.2 Å². The molecular formula is C42H88O2. The van der Waals surface area contributed by atoms with Crippen LogP contribution in [0.2, 0.25) is 0 Å². The van der Waals surface area contributed by atoms with E-state index >= 15 is 0 Å². The highest BCUT2D eigenvalue weighted by Crippen LogP contribution is 2.17. The predicted molar refractivity (Wildman–Crippen MR) is 201 cm³/mol. The molecule has 268 valence electrons. The van der Waals surface area contributed by atoms with Gasteiger partial charge in [0, 0.05) is 13.2 Å². The molecule has 44 heavy (non-hydrogen) atoms. The minimum atomic E-state index is 0.374. The topological polar surface area (TPSA) is 40.5 Å². The van der Waals surface area contributed by atoms with Gasteiger partial charge in [0.1, 0.15) is 0 Å². The summed E-state index contributed by atoms with van der Waals surface area (Å²) in [5.41, 5.74) is 0. The molecule has 0 heterocycles. The summed E-state index contributed by atoms with van der Waals surface area (Å²) < 4.78 is 0. The first kappa shape index (κ1) is 46.0. The van der Waals surface area contributed by atoms with Crippen LogP contribution in [-0.4, -0.2) is 23.4 Å². The van der Waals surface area contributed by atoms with Crippen LogP contribution in [0.25, 0.3) is 0 Å². The summed E-state index contributed by atoms with van der Waals surface area (Å²) in [6.07, 6.45) is 50.4. The van der Waals surface area contributed by atoms with Gasteiger partial charge in [-0.2, -0.15) is 0 Å². The summed E-state index contributed by atoms with van der Waals surface area (Å²) in [6, 6.07) is 0. The second-order valence-electron chi connectivity index (χ2n) is 14.3. The van der Waals surface area contributed by atoms with Crippen LogP contribution in [0.1, 0.15) is 252 Å². The molecular weight excluding hydrogens is 536 g/mol. The van der Waals surface area contributed by atoms with Crippen molar-refractivity contribution in [1.29, 1.82) is 0 Å². The van der Waals surface area contributed by atoms with Crippen molar-refractivity contribution in [2.24, 2.45) is 5.92 Å². The van der Waals surface area contributed by atoms with E-state index in [0.29, 0.717) is 19.1 Å². The zero-order chi connectivity index (χ0) is 32.4. The lowest BCUT2D eigenvalue weighted by Crippen LogP contribution is -2.03. The standard InChI is InChI=1S/C22H46O.C20H42O/c1-2-3-4-5-6-7-8-9-10-11-12-13-14-15-16-17-18-19-20-21-22-23;1-3-5-6-7-8-9-10-11-12-13-14-15-16-17-18-20(4-2)19-21/h23H,2-22H2,1H3;20-21H,3-19H2,1-2H3. The van der Waals surface area contributed by atoms with E-state index in [1.807, 2.05) is 0 Å². The summed E-state index contributed by atoms with van der Waals surface area (Å²) in [5.74, 6) is 0.558. The Balaban J connectivity index is 0. The largest absolute Gasteiger partial charge is 0.396 e. The summed E-state index contributed by atoms with van der Waals surface area (Å²) in [5, 5.41) is 17.8. The fourth-order valence-corrected chi connectivity index (χ4v) is 6.42. The minimum absolute atomic E-state index is 0.374. The predicted octanol–water partition coefficient (Wildman–Crippen LogP) is 14.7. The van der Waals surface area contributed by atoms with E-state index in [1.54, 1.807) is 0 Å². The number of hydrogen-bond donors (Lipinski definition) is 2. The van der Waals surface area contributed by atoms with Crippen molar-refractivity contribution in [2.45, 2.75) is 252 Å². The molecule has 0 aromatic carbocycles. The zero-order valence-electron chi connectivity index (χ0n) is 31.3. The molecule has 0 fully saturated rings. The van der Waals surface area contributed by atoms with Gasteiger partial charge in [0.25, 0.3) is 0 Å². The van der Waals surface area contributed by atoms with Crippen LogP contribution in [-0.2, 0) is 0 Å². The Morgan fingerprint density at radius 2 is 0.523 bits per heavy atom. The number of aliphatic hydroxyl groups excluding tert-OH is 2. The number of rotatable bonds is 37. The molecule has 0 rings (SSSR count). The molecule has 0 radical (unpaired) electrons. The molecule has 1 atom stereocenters. The van der Waals surface area contributed by atoms with E-state index in [0.717, 1.165) is 12.8 Å². The average molecular weight is 625 g/mol. The van der Waals surface area contributed by atoms with Crippen LogP contribution >= 0.6 is 0 Å². The maximum absolute atomic E-state index is 9.13. The third kappa shape index (κ3) is 44.0. The zero-order valence-corrected chi connectivity index (χ0v) is 31.3. The smallest absolute Gasteiger partial charge is 0.0459 e. The van der Waals surface area contributed by atoms with Gasteiger partial charge in [0.2, 0.25) is 0 Å².